The highest BCUT2D eigenvalue weighted by Crippen LogP contribution is 2.34. The van der Waals surface area contributed by atoms with Crippen LogP contribution in [0.25, 0.3) is 0 Å². The largest absolute Gasteiger partial charge is 0.314 e. The van der Waals surface area contributed by atoms with Gasteiger partial charge in [-0.1, -0.05) is 13.8 Å². The fourth-order valence-electron chi connectivity index (χ4n) is 2.73. The summed E-state index contributed by atoms with van der Waals surface area (Å²) in [4.78, 5) is 11.2. The first kappa shape index (κ1) is 13.4. The van der Waals surface area contributed by atoms with Crippen LogP contribution in [-0.4, -0.2) is 41.0 Å². The summed E-state index contributed by atoms with van der Waals surface area (Å²) in [6.07, 6.45) is 3.11. The van der Waals surface area contributed by atoms with E-state index in [9.17, 15) is 0 Å². The van der Waals surface area contributed by atoms with Crippen molar-refractivity contribution in [2.24, 2.45) is 5.92 Å². The van der Waals surface area contributed by atoms with E-state index in [4.69, 9.17) is 0 Å². The molecule has 1 aromatic heterocycles. The monoisotopic (exact) mass is 248 g/mol. The van der Waals surface area contributed by atoms with Gasteiger partial charge in [-0.2, -0.15) is 0 Å². The molecular formula is C14H24N4. The van der Waals surface area contributed by atoms with Gasteiger partial charge in [-0.25, -0.2) is 9.97 Å². The normalized spacial score (nSPS) is 24.9. The zero-order valence-electron chi connectivity index (χ0n) is 11.8. The third-order valence-corrected chi connectivity index (χ3v) is 3.66. The first-order valence-electron chi connectivity index (χ1n) is 6.81. The van der Waals surface area contributed by atoms with Crippen LogP contribution in [0.4, 0.5) is 0 Å². The molecular weight excluding hydrogens is 224 g/mol. The van der Waals surface area contributed by atoms with Crippen molar-refractivity contribution in [3.8, 4) is 0 Å². The second-order valence-corrected chi connectivity index (χ2v) is 5.57. The molecule has 0 radical (unpaired) electrons. The predicted molar refractivity (Wildman–Crippen MR) is 73.4 cm³/mol. The van der Waals surface area contributed by atoms with E-state index in [0.717, 1.165) is 24.6 Å². The molecule has 1 fully saturated rings. The highest BCUT2D eigenvalue weighted by Gasteiger charge is 2.33. The molecule has 2 unspecified atom stereocenters. The number of aryl methyl sites for hydroxylation is 1. The van der Waals surface area contributed by atoms with Crippen LogP contribution in [0.3, 0.4) is 0 Å². The van der Waals surface area contributed by atoms with Crippen molar-refractivity contribution in [2.75, 3.05) is 20.1 Å². The van der Waals surface area contributed by atoms with E-state index in [1.165, 1.54) is 6.42 Å². The molecule has 0 amide bonds. The van der Waals surface area contributed by atoms with Gasteiger partial charge in [0.2, 0.25) is 0 Å². The van der Waals surface area contributed by atoms with E-state index >= 15 is 0 Å². The third kappa shape index (κ3) is 3.06. The van der Waals surface area contributed by atoms with Crippen molar-refractivity contribution < 1.29 is 0 Å². The minimum absolute atomic E-state index is 0.429. The van der Waals surface area contributed by atoms with Gasteiger partial charge in [0, 0.05) is 18.8 Å². The van der Waals surface area contributed by atoms with Crippen LogP contribution in [0.15, 0.2) is 12.3 Å². The lowest BCUT2D eigenvalue weighted by Crippen LogP contribution is -2.32. The van der Waals surface area contributed by atoms with Crippen molar-refractivity contribution in [1.82, 2.24) is 20.2 Å². The number of hydrogen-bond acceptors (Lipinski definition) is 4. The Morgan fingerprint density at radius 2 is 2.28 bits per heavy atom. The van der Waals surface area contributed by atoms with Crippen molar-refractivity contribution in [1.29, 1.82) is 0 Å². The van der Waals surface area contributed by atoms with Crippen molar-refractivity contribution >= 4 is 0 Å². The number of nitrogens with one attached hydrogen (secondary N) is 1. The van der Waals surface area contributed by atoms with Crippen LogP contribution in [-0.2, 0) is 0 Å². The summed E-state index contributed by atoms with van der Waals surface area (Å²) in [7, 11) is 2.19. The Labute approximate surface area is 110 Å². The third-order valence-electron chi connectivity index (χ3n) is 3.66. The summed E-state index contributed by atoms with van der Waals surface area (Å²) in [6, 6.07) is 3.03. The maximum absolute atomic E-state index is 4.60. The number of nitrogens with zero attached hydrogens (tertiary/aromatic N) is 3. The van der Waals surface area contributed by atoms with Gasteiger partial charge in [-0.05, 0) is 38.9 Å². The van der Waals surface area contributed by atoms with Crippen molar-refractivity contribution in [2.45, 2.75) is 39.3 Å². The highest BCUT2D eigenvalue weighted by molar-refractivity contribution is 5.11. The lowest BCUT2D eigenvalue weighted by molar-refractivity contribution is 0.263. The smallest absolute Gasteiger partial charge is 0.125 e. The standard InChI is InChI=1S/C14H24N4/c1-10(2)16-9-12-6-8-18(4)14(12)13-5-7-15-11(3)17-13/h5,7,10,12,14,16H,6,8-9H2,1-4H3. The van der Waals surface area contributed by atoms with E-state index in [1.54, 1.807) is 0 Å². The van der Waals surface area contributed by atoms with Crippen molar-refractivity contribution in [3.05, 3.63) is 23.8 Å². The molecule has 1 saturated heterocycles. The Kier molecular flexibility index (Phi) is 4.30. The van der Waals surface area contributed by atoms with Gasteiger partial charge in [-0.15, -0.1) is 0 Å². The van der Waals surface area contributed by atoms with Gasteiger partial charge in [0.25, 0.3) is 0 Å². The number of rotatable bonds is 4. The number of aromatic nitrogens is 2. The highest BCUT2D eigenvalue weighted by atomic mass is 15.2. The van der Waals surface area contributed by atoms with Gasteiger partial charge in [0.05, 0.1) is 11.7 Å². The van der Waals surface area contributed by atoms with Gasteiger partial charge >= 0.3 is 0 Å². The van der Waals surface area contributed by atoms with Gasteiger partial charge < -0.3 is 5.32 Å². The zero-order valence-corrected chi connectivity index (χ0v) is 11.8. The topological polar surface area (TPSA) is 41.1 Å². The van der Waals surface area contributed by atoms with Crippen LogP contribution in [0.1, 0.15) is 37.8 Å². The van der Waals surface area contributed by atoms with E-state index in [0.29, 0.717) is 18.0 Å². The van der Waals surface area contributed by atoms with E-state index in [-0.39, 0.29) is 0 Å². The quantitative estimate of drug-likeness (QED) is 0.882. The summed E-state index contributed by atoms with van der Waals surface area (Å²) < 4.78 is 0. The van der Waals surface area contributed by atoms with Crippen LogP contribution >= 0.6 is 0 Å². The molecule has 1 aliphatic heterocycles. The summed E-state index contributed by atoms with van der Waals surface area (Å²) >= 11 is 0. The Balaban J connectivity index is 2.12. The maximum Gasteiger partial charge on any atom is 0.125 e. The zero-order chi connectivity index (χ0) is 13.1. The fraction of sp³-hybridized carbons (Fsp3) is 0.714. The van der Waals surface area contributed by atoms with E-state index < -0.39 is 0 Å². The van der Waals surface area contributed by atoms with Crippen LogP contribution in [0, 0.1) is 12.8 Å². The molecule has 0 saturated carbocycles. The molecule has 100 valence electrons. The molecule has 4 nitrogen and oxygen atoms in total. The van der Waals surface area contributed by atoms with Gasteiger partial charge in [0.15, 0.2) is 0 Å². The van der Waals surface area contributed by atoms with Crippen LogP contribution < -0.4 is 5.32 Å². The van der Waals surface area contributed by atoms with Crippen LogP contribution in [0.2, 0.25) is 0 Å². The van der Waals surface area contributed by atoms with Gasteiger partial charge in [-0.3, -0.25) is 4.90 Å². The summed E-state index contributed by atoms with van der Waals surface area (Å²) in [6.45, 7) is 8.57. The first-order chi connectivity index (χ1) is 8.58. The molecule has 0 aromatic carbocycles. The van der Waals surface area contributed by atoms with E-state index in [1.807, 2.05) is 13.1 Å². The molecule has 1 N–H and O–H groups in total. The average Bonchev–Trinajstić information content (AvgIpc) is 2.68. The molecule has 0 bridgehead atoms. The second-order valence-electron chi connectivity index (χ2n) is 5.57. The fourth-order valence-corrected chi connectivity index (χ4v) is 2.73. The average molecular weight is 248 g/mol. The molecule has 0 spiro atoms. The van der Waals surface area contributed by atoms with Crippen molar-refractivity contribution in [3.63, 3.8) is 0 Å². The lowest BCUT2D eigenvalue weighted by atomic mass is 9.97. The maximum atomic E-state index is 4.60. The molecule has 1 aliphatic rings. The second kappa shape index (κ2) is 5.76. The first-order valence-corrected chi connectivity index (χ1v) is 6.81. The molecule has 18 heavy (non-hydrogen) atoms. The SMILES string of the molecule is Cc1nccc(C2C(CNC(C)C)CCN2C)n1. The summed E-state index contributed by atoms with van der Waals surface area (Å²) in [5.74, 6) is 1.51. The molecule has 2 atom stereocenters. The van der Waals surface area contributed by atoms with E-state index in [2.05, 4.69) is 47.1 Å². The molecule has 0 aliphatic carbocycles. The Bertz CT molecular complexity index is 391. The van der Waals surface area contributed by atoms with Gasteiger partial charge in [0.1, 0.15) is 5.82 Å². The minimum Gasteiger partial charge on any atom is -0.314 e. The summed E-state index contributed by atoms with van der Waals surface area (Å²) in [5, 5.41) is 3.55. The minimum atomic E-state index is 0.429. The number of hydrogen-bond donors (Lipinski definition) is 1. The Morgan fingerprint density at radius 3 is 2.94 bits per heavy atom. The van der Waals surface area contributed by atoms with Crippen LogP contribution in [0.5, 0.6) is 0 Å². The summed E-state index contributed by atoms with van der Waals surface area (Å²) in [5.41, 5.74) is 1.16. The molecule has 2 heterocycles. The predicted octanol–water partition coefficient (Wildman–Crippen LogP) is 1.78. The molecule has 1 aromatic rings. The molecule has 4 heteroatoms. The Hall–Kier alpha value is -1.00. The Morgan fingerprint density at radius 1 is 1.50 bits per heavy atom. The molecule has 2 rings (SSSR count). The number of likely N-dealkylation sites (tertiary alicyclic amines) is 1. The lowest BCUT2D eigenvalue weighted by Gasteiger charge is -2.25.